The zero-order chi connectivity index (χ0) is 29.4. The predicted molar refractivity (Wildman–Crippen MR) is 154 cm³/mol. The largest absolute Gasteiger partial charge is 0.418 e. The van der Waals surface area contributed by atoms with Gasteiger partial charge in [-0.2, -0.15) is 13.2 Å². The van der Waals surface area contributed by atoms with E-state index in [1.165, 1.54) is 23.0 Å². The average Bonchev–Trinajstić information content (AvgIpc) is 2.99. The minimum atomic E-state index is -4.75. The third kappa shape index (κ3) is 7.67. The van der Waals surface area contributed by atoms with Crippen molar-refractivity contribution in [3.05, 3.63) is 95.1 Å². The highest BCUT2D eigenvalue weighted by molar-refractivity contribution is 6.02. The second-order valence-electron chi connectivity index (χ2n) is 9.86. The van der Waals surface area contributed by atoms with E-state index in [0.29, 0.717) is 17.8 Å². The second-order valence-corrected chi connectivity index (χ2v) is 9.86. The minimum absolute atomic E-state index is 0.0850. The Labute approximate surface area is 237 Å². The van der Waals surface area contributed by atoms with Gasteiger partial charge in [-0.3, -0.25) is 20.4 Å². The highest BCUT2D eigenvalue weighted by Gasteiger charge is 2.34. The van der Waals surface area contributed by atoms with Crippen molar-refractivity contribution < 1.29 is 28.0 Å². The summed E-state index contributed by atoms with van der Waals surface area (Å²) in [5.74, 6) is -0.193. The molecule has 0 aromatic heterocycles. The average molecular weight is 567 g/mol. The first-order chi connectivity index (χ1) is 19.7. The zero-order valence-electron chi connectivity index (χ0n) is 22.7. The number of carbonyl (C=O) groups is 2. The number of benzene rings is 3. The normalized spacial score (nSPS) is 13.2. The Balaban J connectivity index is 1.61. The molecule has 1 aliphatic carbocycles. The van der Waals surface area contributed by atoms with Crippen LogP contribution in [0.1, 0.15) is 66.1 Å². The van der Waals surface area contributed by atoms with E-state index >= 15 is 0 Å². The van der Waals surface area contributed by atoms with E-state index in [-0.39, 0.29) is 18.1 Å². The number of urea groups is 1. The lowest BCUT2D eigenvalue weighted by molar-refractivity contribution is -0.137. The summed E-state index contributed by atoms with van der Waals surface area (Å²) >= 11 is 0. The molecule has 0 unspecified atom stereocenters. The van der Waals surface area contributed by atoms with Crippen molar-refractivity contribution >= 4 is 34.6 Å². The maximum Gasteiger partial charge on any atom is 0.418 e. The third-order valence-electron chi connectivity index (χ3n) is 6.87. The van der Waals surface area contributed by atoms with Gasteiger partial charge in [0, 0.05) is 23.5 Å². The number of alkyl halides is 3. The first-order valence-corrected chi connectivity index (χ1v) is 13.6. The predicted octanol–water partition coefficient (Wildman–Crippen LogP) is 7.84. The summed E-state index contributed by atoms with van der Waals surface area (Å²) in [5.41, 5.74) is 3.90. The number of hydrogen-bond acceptors (Lipinski definition) is 4. The third-order valence-corrected chi connectivity index (χ3v) is 6.87. The number of allylic oxidation sites excluding steroid dienone is 2. The molecule has 0 spiro atoms. The molecule has 0 heterocycles. The number of nitrogens with one attached hydrogen (secondary N) is 3. The first-order valence-electron chi connectivity index (χ1n) is 13.6. The Morgan fingerprint density at radius 1 is 0.976 bits per heavy atom. The molecule has 0 saturated carbocycles. The Morgan fingerprint density at radius 3 is 2.32 bits per heavy atom. The number of hydrogen-bond donors (Lipinski definition) is 4. The van der Waals surface area contributed by atoms with E-state index in [1.54, 1.807) is 29.7 Å². The molecular formula is C31H33F3N4O3. The maximum absolute atomic E-state index is 13.5. The fraction of sp³-hybridized carbons (Fsp3) is 0.290. The molecule has 7 nitrogen and oxygen atoms in total. The van der Waals surface area contributed by atoms with Gasteiger partial charge in [0.15, 0.2) is 0 Å². The molecule has 41 heavy (non-hydrogen) atoms. The van der Waals surface area contributed by atoms with Crippen molar-refractivity contribution in [1.29, 1.82) is 0 Å². The monoisotopic (exact) mass is 566 g/mol. The highest BCUT2D eigenvalue weighted by atomic mass is 19.4. The van der Waals surface area contributed by atoms with Crippen LogP contribution >= 0.6 is 0 Å². The van der Waals surface area contributed by atoms with Crippen LogP contribution < -0.4 is 21.0 Å². The zero-order valence-corrected chi connectivity index (χ0v) is 22.7. The molecule has 3 amide bonds. The molecule has 3 aromatic carbocycles. The maximum atomic E-state index is 13.5. The Kier molecular flexibility index (Phi) is 9.67. The lowest BCUT2D eigenvalue weighted by Gasteiger charge is -2.25. The summed E-state index contributed by atoms with van der Waals surface area (Å²) in [5, 5.41) is 14.5. The molecule has 4 rings (SSSR count). The second kappa shape index (κ2) is 13.4. The molecule has 0 fully saturated rings. The number of carbonyl (C=O) groups excluding carboxylic acids is 2. The Morgan fingerprint density at radius 2 is 1.71 bits per heavy atom. The van der Waals surface area contributed by atoms with E-state index in [4.69, 9.17) is 5.21 Å². The smallest absolute Gasteiger partial charge is 0.352 e. The molecule has 0 aliphatic heterocycles. The van der Waals surface area contributed by atoms with E-state index < -0.39 is 23.5 Å². The van der Waals surface area contributed by atoms with Crippen molar-refractivity contribution in [1.82, 2.24) is 5.32 Å². The van der Waals surface area contributed by atoms with Crippen LogP contribution in [0.2, 0.25) is 0 Å². The number of anilines is 3. The molecular weight excluding hydrogens is 533 g/mol. The summed E-state index contributed by atoms with van der Waals surface area (Å²) < 4.78 is 40.5. The molecule has 10 heteroatoms. The van der Waals surface area contributed by atoms with E-state index in [2.05, 4.69) is 16.7 Å². The van der Waals surface area contributed by atoms with Crippen molar-refractivity contribution in [3.8, 4) is 0 Å². The van der Waals surface area contributed by atoms with E-state index in [1.807, 2.05) is 31.2 Å². The fourth-order valence-corrected chi connectivity index (χ4v) is 4.67. The van der Waals surface area contributed by atoms with Gasteiger partial charge in [-0.05, 0) is 91.3 Å². The van der Waals surface area contributed by atoms with Gasteiger partial charge >= 0.3 is 12.2 Å². The Bertz CT molecular complexity index is 1390. The van der Waals surface area contributed by atoms with Crippen LogP contribution in [-0.2, 0) is 12.7 Å². The summed E-state index contributed by atoms with van der Waals surface area (Å²) in [7, 11) is 0. The van der Waals surface area contributed by atoms with Crippen LogP contribution in [0.25, 0.3) is 5.57 Å². The number of nitrogens with zero attached hydrogens (tertiary/aromatic N) is 1. The summed E-state index contributed by atoms with van der Waals surface area (Å²) in [4.78, 5) is 27.2. The van der Waals surface area contributed by atoms with E-state index in [0.717, 1.165) is 48.9 Å². The molecule has 1 aliphatic rings. The minimum Gasteiger partial charge on any atom is -0.352 e. The van der Waals surface area contributed by atoms with Crippen LogP contribution in [0, 0.1) is 0 Å². The standard InChI is InChI=1S/C31H33F3N4O3/c1-2-18-35-29(39)24-10-8-21(9-11-24)20-38(26-15-12-23(13-16-26)22-6-4-3-5-7-22)30(40)36-25-14-17-28(37-41)27(19-25)31(32,33)34/h6,8-17,19,37,41H,2-5,7,18,20H2,1H3,(H,35,39)(H,36,40). The molecule has 216 valence electrons. The van der Waals surface area contributed by atoms with Gasteiger partial charge in [-0.1, -0.05) is 37.3 Å². The molecule has 0 saturated heterocycles. The van der Waals surface area contributed by atoms with Gasteiger partial charge in [0.1, 0.15) is 0 Å². The lowest BCUT2D eigenvalue weighted by atomic mass is 9.93. The Hall–Kier alpha value is -4.31. The van der Waals surface area contributed by atoms with Gasteiger partial charge in [0.2, 0.25) is 0 Å². The lowest BCUT2D eigenvalue weighted by Crippen LogP contribution is -2.34. The topological polar surface area (TPSA) is 93.7 Å². The van der Waals surface area contributed by atoms with E-state index in [9.17, 15) is 22.8 Å². The number of amides is 3. The van der Waals surface area contributed by atoms with Crippen LogP contribution in [0.3, 0.4) is 0 Å². The van der Waals surface area contributed by atoms with Crippen LogP contribution in [-0.4, -0.2) is 23.7 Å². The summed E-state index contributed by atoms with van der Waals surface area (Å²) in [6.45, 7) is 2.63. The van der Waals surface area contributed by atoms with Crippen LogP contribution in [0.15, 0.2) is 72.8 Å². The van der Waals surface area contributed by atoms with Crippen molar-refractivity contribution in [2.75, 3.05) is 22.2 Å². The quantitative estimate of drug-likeness (QED) is 0.199. The summed E-state index contributed by atoms with van der Waals surface area (Å²) in [6, 6.07) is 16.8. The fourth-order valence-electron chi connectivity index (χ4n) is 4.67. The van der Waals surface area contributed by atoms with Gasteiger partial charge in [-0.25, -0.2) is 4.79 Å². The SMILES string of the molecule is CCCNC(=O)c1ccc(CN(C(=O)Nc2ccc(NO)c(C(F)(F)F)c2)c2ccc(C3=CCCCC3)cc2)cc1. The number of halogens is 3. The van der Waals surface area contributed by atoms with Gasteiger partial charge in [0.25, 0.3) is 5.91 Å². The molecule has 0 bridgehead atoms. The molecule has 0 radical (unpaired) electrons. The molecule has 4 N–H and O–H groups in total. The van der Waals surface area contributed by atoms with Crippen molar-refractivity contribution in [2.45, 2.75) is 51.7 Å². The van der Waals surface area contributed by atoms with Gasteiger partial charge < -0.3 is 10.6 Å². The van der Waals surface area contributed by atoms with Gasteiger partial charge in [-0.15, -0.1) is 0 Å². The van der Waals surface area contributed by atoms with Gasteiger partial charge in [0.05, 0.1) is 17.8 Å². The highest BCUT2D eigenvalue weighted by Crippen LogP contribution is 2.36. The number of rotatable bonds is 9. The van der Waals surface area contributed by atoms with Crippen molar-refractivity contribution in [2.24, 2.45) is 0 Å². The molecule has 0 atom stereocenters. The molecule has 3 aromatic rings. The van der Waals surface area contributed by atoms with Crippen molar-refractivity contribution in [3.63, 3.8) is 0 Å². The first kappa shape index (κ1) is 29.7. The van der Waals surface area contributed by atoms with Crippen LogP contribution in [0.4, 0.5) is 35.0 Å². The van der Waals surface area contributed by atoms with Crippen LogP contribution in [0.5, 0.6) is 0 Å². The summed E-state index contributed by atoms with van der Waals surface area (Å²) in [6.07, 6.45) is 2.60.